The fraction of sp³-hybridized carbons (Fsp3) is 0.375. The molecule has 0 saturated heterocycles. The van der Waals surface area contributed by atoms with E-state index in [1.165, 1.54) is 12.5 Å². The van der Waals surface area contributed by atoms with Gasteiger partial charge in [0, 0.05) is 54.3 Å². The summed E-state index contributed by atoms with van der Waals surface area (Å²) in [6.07, 6.45) is 6.26. The van der Waals surface area contributed by atoms with Crippen LogP contribution in [0.25, 0.3) is 16.9 Å². The van der Waals surface area contributed by atoms with Gasteiger partial charge in [0.15, 0.2) is 11.5 Å². The van der Waals surface area contributed by atoms with Gasteiger partial charge in [-0.15, -0.1) is 0 Å². The Morgan fingerprint density at radius 3 is 2.55 bits per heavy atom. The molecule has 208 valence electrons. The standard InChI is InChI=1S/C32H37N5O3/c1-20(38)40-19-25-24(26-18-36-16-14-33-29(36)28(34-26)35-32(5,6)7)9-8-10-27(25)37-15-13-21-17-22(31(2,3)4)11-12-23(21)30(37)39/h8-12,14,16-18H,13,15,19H2,1-7H3,(H,34,35). The minimum Gasteiger partial charge on any atom is -0.461 e. The van der Waals surface area contributed by atoms with Crippen molar-refractivity contribution in [2.45, 2.75) is 72.4 Å². The van der Waals surface area contributed by atoms with Gasteiger partial charge < -0.3 is 19.4 Å². The summed E-state index contributed by atoms with van der Waals surface area (Å²) in [6.45, 7) is 14.7. The van der Waals surface area contributed by atoms with Crippen molar-refractivity contribution < 1.29 is 14.3 Å². The van der Waals surface area contributed by atoms with Crippen LogP contribution in [0.15, 0.2) is 55.0 Å². The second-order valence-corrected chi connectivity index (χ2v) is 12.4. The van der Waals surface area contributed by atoms with Gasteiger partial charge in [0.2, 0.25) is 0 Å². The molecule has 2 aromatic carbocycles. The van der Waals surface area contributed by atoms with Gasteiger partial charge in [-0.2, -0.15) is 0 Å². The first kappa shape index (κ1) is 27.4. The summed E-state index contributed by atoms with van der Waals surface area (Å²) < 4.78 is 7.45. The van der Waals surface area contributed by atoms with Gasteiger partial charge in [-0.25, -0.2) is 9.97 Å². The van der Waals surface area contributed by atoms with E-state index in [0.29, 0.717) is 35.0 Å². The van der Waals surface area contributed by atoms with E-state index in [4.69, 9.17) is 9.72 Å². The maximum Gasteiger partial charge on any atom is 0.302 e. The molecule has 8 nitrogen and oxygen atoms in total. The first-order chi connectivity index (χ1) is 18.8. The second kappa shape index (κ2) is 10.1. The van der Waals surface area contributed by atoms with Crippen LogP contribution in [-0.2, 0) is 28.0 Å². The molecule has 3 heterocycles. The summed E-state index contributed by atoms with van der Waals surface area (Å²) in [5.74, 6) is 0.200. The number of hydrogen-bond acceptors (Lipinski definition) is 6. The quantitative estimate of drug-likeness (QED) is 0.305. The minimum absolute atomic E-state index is 0.00474. The topological polar surface area (TPSA) is 88.8 Å². The molecule has 0 aliphatic carbocycles. The zero-order chi connectivity index (χ0) is 28.8. The Kier molecular flexibility index (Phi) is 6.90. The van der Waals surface area contributed by atoms with Gasteiger partial charge in [0.25, 0.3) is 5.91 Å². The maximum atomic E-state index is 13.8. The summed E-state index contributed by atoms with van der Waals surface area (Å²) >= 11 is 0. The lowest BCUT2D eigenvalue weighted by atomic mass is 9.84. The number of esters is 1. The third-order valence-electron chi connectivity index (χ3n) is 7.06. The second-order valence-electron chi connectivity index (χ2n) is 12.4. The van der Waals surface area contributed by atoms with Crippen LogP contribution >= 0.6 is 0 Å². The van der Waals surface area contributed by atoms with Gasteiger partial charge in [0.05, 0.1) is 11.4 Å². The lowest BCUT2D eigenvalue weighted by Crippen LogP contribution is -2.38. The molecule has 1 aliphatic rings. The third kappa shape index (κ3) is 5.43. The lowest BCUT2D eigenvalue weighted by molar-refractivity contribution is -0.142. The number of ether oxygens (including phenoxy) is 1. The average molecular weight is 540 g/mol. The van der Waals surface area contributed by atoms with E-state index < -0.39 is 0 Å². The predicted octanol–water partition coefficient (Wildman–Crippen LogP) is 6.17. The van der Waals surface area contributed by atoms with E-state index in [2.05, 4.69) is 57.9 Å². The maximum absolute atomic E-state index is 13.8. The number of benzene rings is 2. The van der Waals surface area contributed by atoms with E-state index in [0.717, 1.165) is 23.1 Å². The van der Waals surface area contributed by atoms with Crippen molar-refractivity contribution in [1.82, 2.24) is 14.4 Å². The molecule has 4 aromatic rings. The summed E-state index contributed by atoms with van der Waals surface area (Å²) in [6, 6.07) is 11.9. The van der Waals surface area contributed by atoms with E-state index in [-0.39, 0.29) is 29.4 Å². The van der Waals surface area contributed by atoms with Crippen molar-refractivity contribution in [2.75, 3.05) is 16.8 Å². The van der Waals surface area contributed by atoms with E-state index in [1.807, 2.05) is 47.1 Å². The van der Waals surface area contributed by atoms with Crippen molar-refractivity contribution in [3.63, 3.8) is 0 Å². The highest BCUT2D eigenvalue weighted by Crippen LogP contribution is 2.36. The summed E-state index contributed by atoms with van der Waals surface area (Å²) in [5, 5.41) is 3.46. The van der Waals surface area contributed by atoms with Crippen LogP contribution in [0.1, 0.15) is 75.5 Å². The molecular formula is C32H37N5O3. The van der Waals surface area contributed by atoms with Gasteiger partial charge >= 0.3 is 5.97 Å². The van der Waals surface area contributed by atoms with Crippen molar-refractivity contribution in [2.24, 2.45) is 0 Å². The monoisotopic (exact) mass is 539 g/mol. The number of imidazole rings is 1. The largest absolute Gasteiger partial charge is 0.461 e. The molecule has 8 heteroatoms. The average Bonchev–Trinajstić information content (AvgIpc) is 3.35. The number of aromatic nitrogens is 3. The van der Waals surface area contributed by atoms with Crippen LogP contribution in [0.5, 0.6) is 0 Å². The number of nitrogens with one attached hydrogen (secondary N) is 1. The van der Waals surface area contributed by atoms with Gasteiger partial charge in [-0.1, -0.05) is 45.0 Å². The number of nitrogens with zero attached hydrogens (tertiary/aromatic N) is 4. The molecule has 0 spiro atoms. The van der Waals surface area contributed by atoms with Crippen LogP contribution in [0.4, 0.5) is 11.5 Å². The number of carbonyl (C=O) groups excluding carboxylic acids is 2. The number of carbonyl (C=O) groups is 2. The molecule has 1 amide bonds. The molecule has 5 rings (SSSR count). The predicted molar refractivity (Wildman–Crippen MR) is 158 cm³/mol. The van der Waals surface area contributed by atoms with Crippen LogP contribution < -0.4 is 10.2 Å². The molecule has 40 heavy (non-hydrogen) atoms. The Hall–Kier alpha value is -4.20. The first-order valence-electron chi connectivity index (χ1n) is 13.6. The number of hydrogen-bond donors (Lipinski definition) is 1. The summed E-state index contributed by atoms with van der Waals surface area (Å²) in [5.41, 5.74) is 6.38. The number of fused-ring (bicyclic) bond motifs is 2. The zero-order valence-electron chi connectivity index (χ0n) is 24.3. The SMILES string of the molecule is CC(=O)OCc1c(-c2cn3ccnc3c(NC(C)(C)C)n2)cccc1N1CCc2cc(C(C)(C)C)ccc2C1=O. The number of amides is 1. The molecule has 0 saturated carbocycles. The van der Waals surface area contributed by atoms with E-state index >= 15 is 0 Å². The highest BCUT2D eigenvalue weighted by Gasteiger charge is 2.30. The van der Waals surface area contributed by atoms with E-state index in [1.54, 1.807) is 11.1 Å². The van der Waals surface area contributed by atoms with Gasteiger partial charge in [-0.3, -0.25) is 9.59 Å². The highest BCUT2D eigenvalue weighted by molar-refractivity contribution is 6.09. The molecule has 0 radical (unpaired) electrons. The van der Waals surface area contributed by atoms with Crippen LogP contribution in [-0.4, -0.2) is 38.3 Å². The molecule has 0 bridgehead atoms. The smallest absolute Gasteiger partial charge is 0.302 e. The normalized spacial score (nSPS) is 13.9. The van der Waals surface area contributed by atoms with Crippen molar-refractivity contribution >= 4 is 29.0 Å². The van der Waals surface area contributed by atoms with Crippen molar-refractivity contribution in [3.8, 4) is 11.3 Å². The highest BCUT2D eigenvalue weighted by atomic mass is 16.5. The zero-order valence-corrected chi connectivity index (χ0v) is 24.3. The van der Waals surface area contributed by atoms with Crippen LogP contribution in [0.3, 0.4) is 0 Å². The Morgan fingerprint density at radius 2 is 1.85 bits per heavy atom. The Labute approximate surface area is 235 Å². The van der Waals surface area contributed by atoms with Gasteiger partial charge in [0.1, 0.15) is 6.61 Å². The molecule has 1 aliphatic heterocycles. The first-order valence-corrected chi connectivity index (χ1v) is 13.6. The minimum atomic E-state index is -0.390. The summed E-state index contributed by atoms with van der Waals surface area (Å²) in [4.78, 5) is 37.0. The van der Waals surface area contributed by atoms with Gasteiger partial charge in [-0.05, 0) is 55.9 Å². The Balaban J connectivity index is 1.61. The fourth-order valence-corrected chi connectivity index (χ4v) is 5.08. The molecular weight excluding hydrogens is 502 g/mol. The fourth-order valence-electron chi connectivity index (χ4n) is 5.08. The van der Waals surface area contributed by atoms with E-state index in [9.17, 15) is 9.59 Å². The third-order valence-corrected chi connectivity index (χ3v) is 7.06. The Morgan fingerprint density at radius 1 is 1.07 bits per heavy atom. The molecule has 1 N–H and O–H groups in total. The van der Waals surface area contributed by atoms with Crippen molar-refractivity contribution in [1.29, 1.82) is 0 Å². The molecule has 0 fully saturated rings. The number of rotatable bonds is 5. The van der Waals surface area contributed by atoms with Crippen LogP contribution in [0.2, 0.25) is 0 Å². The Bertz CT molecular complexity index is 1610. The molecule has 2 aromatic heterocycles. The molecule has 0 atom stereocenters. The van der Waals surface area contributed by atoms with Crippen molar-refractivity contribution in [3.05, 3.63) is 77.2 Å². The molecule has 0 unspecified atom stereocenters. The lowest BCUT2D eigenvalue weighted by Gasteiger charge is -2.32. The van der Waals surface area contributed by atoms with Crippen LogP contribution in [0, 0.1) is 0 Å². The summed E-state index contributed by atoms with van der Waals surface area (Å²) in [7, 11) is 0. The number of anilines is 2.